The van der Waals surface area contributed by atoms with Gasteiger partial charge in [-0.2, -0.15) is 0 Å². The minimum absolute atomic E-state index is 0.00829. The number of sulfone groups is 1. The summed E-state index contributed by atoms with van der Waals surface area (Å²) in [6, 6.07) is 17.1. The molecule has 0 atom stereocenters. The first-order valence-corrected chi connectivity index (χ1v) is 10.6. The Labute approximate surface area is 155 Å². The number of nitrogens with one attached hydrogen (secondary N) is 2. The van der Waals surface area contributed by atoms with Crippen LogP contribution >= 0.6 is 0 Å². The van der Waals surface area contributed by atoms with E-state index in [1.54, 1.807) is 6.07 Å². The van der Waals surface area contributed by atoms with E-state index in [9.17, 15) is 13.2 Å². The van der Waals surface area contributed by atoms with Crippen LogP contribution in [0.3, 0.4) is 0 Å². The largest absolute Gasteiger partial charge is 0.325 e. The third-order valence-electron chi connectivity index (χ3n) is 3.97. The van der Waals surface area contributed by atoms with Crippen molar-refractivity contribution >= 4 is 21.4 Å². The highest BCUT2D eigenvalue weighted by atomic mass is 32.2. The fraction of sp³-hybridized carbons (Fsp3) is 0.350. The van der Waals surface area contributed by atoms with Crippen LogP contribution in [0.1, 0.15) is 24.5 Å². The molecule has 2 N–H and O–H groups in total. The van der Waals surface area contributed by atoms with Gasteiger partial charge < -0.3 is 10.6 Å². The molecule has 0 aliphatic carbocycles. The maximum atomic E-state index is 12.2. The predicted molar refractivity (Wildman–Crippen MR) is 106 cm³/mol. The van der Waals surface area contributed by atoms with Crippen molar-refractivity contribution in [1.29, 1.82) is 0 Å². The lowest BCUT2D eigenvalue weighted by atomic mass is 10.1. The SMILES string of the molecule is CCNCc1ccccc1NC(=O)CS(=O)(=O)CCCc1ccccc1. The number of carbonyl (C=O) groups excluding carboxylic acids is 1. The summed E-state index contributed by atoms with van der Waals surface area (Å²) in [6.45, 7) is 3.44. The zero-order valence-electron chi connectivity index (χ0n) is 15.1. The average Bonchev–Trinajstić information content (AvgIpc) is 2.61. The first-order valence-electron chi connectivity index (χ1n) is 8.83. The van der Waals surface area contributed by atoms with Gasteiger partial charge in [-0.3, -0.25) is 4.79 Å². The van der Waals surface area contributed by atoms with Crippen LogP contribution in [0, 0.1) is 0 Å². The molecular formula is C20H26N2O3S. The lowest BCUT2D eigenvalue weighted by Gasteiger charge is -2.11. The lowest BCUT2D eigenvalue weighted by Crippen LogP contribution is -2.25. The Balaban J connectivity index is 1.86. The highest BCUT2D eigenvalue weighted by Gasteiger charge is 2.17. The van der Waals surface area contributed by atoms with E-state index in [2.05, 4.69) is 10.6 Å². The third-order valence-corrected chi connectivity index (χ3v) is 5.58. The Morgan fingerprint density at radius 1 is 1.00 bits per heavy atom. The number of aryl methyl sites for hydroxylation is 1. The Bertz CT molecular complexity index is 805. The number of rotatable bonds is 10. The maximum Gasteiger partial charge on any atom is 0.239 e. The van der Waals surface area contributed by atoms with E-state index in [0.29, 0.717) is 25.1 Å². The van der Waals surface area contributed by atoms with Gasteiger partial charge in [0, 0.05) is 12.2 Å². The minimum atomic E-state index is -3.43. The lowest BCUT2D eigenvalue weighted by molar-refractivity contribution is -0.113. The van der Waals surface area contributed by atoms with Crippen LogP contribution in [-0.4, -0.2) is 32.4 Å². The first-order chi connectivity index (χ1) is 12.5. The Kier molecular flexibility index (Phi) is 7.81. The topological polar surface area (TPSA) is 75.3 Å². The molecule has 2 aromatic rings. The summed E-state index contributed by atoms with van der Waals surface area (Å²) in [6.07, 6.45) is 1.20. The summed E-state index contributed by atoms with van der Waals surface area (Å²) in [5, 5.41) is 5.93. The van der Waals surface area contributed by atoms with Crippen LogP contribution in [0.4, 0.5) is 5.69 Å². The molecular weight excluding hydrogens is 348 g/mol. The highest BCUT2D eigenvalue weighted by molar-refractivity contribution is 7.92. The molecule has 0 saturated carbocycles. The van der Waals surface area contributed by atoms with Gasteiger partial charge in [0.1, 0.15) is 5.75 Å². The molecule has 0 saturated heterocycles. The molecule has 6 heteroatoms. The zero-order chi connectivity index (χ0) is 18.8. The van der Waals surface area contributed by atoms with E-state index in [4.69, 9.17) is 0 Å². The quantitative estimate of drug-likeness (QED) is 0.671. The van der Waals surface area contributed by atoms with Crippen LogP contribution in [0.25, 0.3) is 0 Å². The summed E-state index contributed by atoms with van der Waals surface area (Å²) in [4.78, 5) is 12.2. The summed E-state index contributed by atoms with van der Waals surface area (Å²) < 4.78 is 24.4. The molecule has 1 amide bonds. The van der Waals surface area contributed by atoms with Gasteiger partial charge in [0.25, 0.3) is 0 Å². The Hall–Kier alpha value is -2.18. The van der Waals surface area contributed by atoms with Gasteiger partial charge >= 0.3 is 0 Å². The Morgan fingerprint density at radius 3 is 2.42 bits per heavy atom. The molecule has 0 aromatic heterocycles. The van der Waals surface area contributed by atoms with Crippen molar-refractivity contribution in [2.24, 2.45) is 0 Å². The molecule has 26 heavy (non-hydrogen) atoms. The van der Waals surface area contributed by atoms with Crippen molar-refractivity contribution < 1.29 is 13.2 Å². The van der Waals surface area contributed by atoms with Crippen molar-refractivity contribution in [1.82, 2.24) is 5.32 Å². The number of para-hydroxylation sites is 1. The van der Waals surface area contributed by atoms with Crippen LogP contribution in [0.15, 0.2) is 54.6 Å². The number of anilines is 1. The first kappa shape index (κ1) is 20.1. The van der Waals surface area contributed by atoms with Gasteiger partial charge in [-0.1, -0.05) is 55.5 Å². The predicted octanol–water partition coefficient (Wildman–Crippen LogP) is 2.78. The van der Waals surface area contributed by atoms with Gasteiger partial charge in [0.15, 0.2) is 9.84 Å². The normalized spacial score (nSPS) is 11.3. The molecule has 0 heterocycles. The molecule has 0 radical (unpaired) electrons. The average molecular weight is 375 g/mol. The molecule has 2 aromatic carbocycles. The fourth-order valence-corrected chi connectivity index (χ4v) is 3.86. The van der Waals surface area contributed by atoms with Gasteiger partial charge in [0.2, 0.25) is 5.91 Å². The number of amides is 1. The standard InChI is InChI=1S/C20H26N2O3S/c1-2-21-15-18-12-6-7-13-19(18)22-20(23)16-26(24,25)14-8-11-17-9-4-3-5-10-17/h3-7,9-10,12-13,21H,2,8,11,14-16H2,1H3,(H,22,23). The number of hydrogen-bond acceptors (Lipinski definition) is 4. The second-order valence-electron chi connectivity index (χ2n) is 6.17. The van der Waals surface area contributed by atoms with Gasteiger partial charge in [-0.05, 0) is 36.6 Å². The maximum absolute atomic E-state index is 12.2. The van der Waals surface area contributed by atoms with E-state index >= 15 is 0 Å². The van der Waals surface area contributed by atoms with Crippen molar-refractivity contribution in [2.45, 2.75) is 26.3 Å². The van der Waals surface area contributed by atoms with Gasteiger partial charge in [-0.25, -0.2) is 8.42 Å². The zero-order valence-corrected chi connectivity index (χ0v) is 15.9. The molecule has 2 rings (SSSR count). The van der Waals surface area contributed by atoms with Gasteiger partial charge in [0.05, 0.1) is 5.75 Å². The smallest absolute Gasteiger partial charge is 0.239 e. The number of carbonyl (C=O) groups is 1. The van der Waals surface area contributed by atoms with Crippen molar-refractivity contribution in [2.75, 3.05) is 23.4 Å². The van der Waals surface area contributed by atoms with Crippen molar-refractivity contribution in [3.8, 4) is 0 Å². The molecule has 0 spiro atoms. The molecule has 0 aliphatic rings. The third kappa shape index (κ3) is 6.98. The summed E-state index contributed by atoms with van der Waals surface area (Å²) >= 11 is 0. The van der Waals surface area contributed by atoms with Crippen LogP contribution in [0.5, 0.6) is 0 Å². The van der Waals surface area contributed by atoms with E-state index in [-0.39, 0.29) is 5.75 Å². The minimum Gasteiger partial charge on any atom is -0.325 e. The van der Waals surface area contributed by atoms with E-state index in [1.807, 2.05) is 55.5 Å². The molecule has 140 valence electrons. The van der Waals surface area contributed by atoms with E-state index in [1.165, 1.54) is 0 Å². The fourth-order valence-electron chi connectivity index (χ4n) is 2.66. The monoisotopic (exact) mass is 374 g/mol. The van der Waals surface area contributed by atoms with Crippen LogP contribution in [-0.2, 0) is 27.6 Å². The molecule has 0 aliphatic heterocycles. The van der Waals surface area contributed by atoms with Crippen LogP contribution < -0.4 is 10.6 Å². The molecule has 0 fully saturated rings. The van der Waals surface area contributed by atoms with E-state index in [0.717, 1.165) is 17.7 Å². The summed E-state index contributed by atoms with van der Waals surface area (Å²) in [5.41, 5.74) is 2.69. The second kappa shape index (κ2) is 10.1. The van der Waals surface area contributed by atoms with Crippen molar-refractivity contribution in [3.63, 3.8) is 0 Å². The molecule has 5 nitrogen and oxygen atoms in total. The number of benzene rings is 2. The molecule has 0 unspecified atom stereocenters. The number of hydrogen-bond donors (Lipinski definition) is 2. The van der Waals surface area contributed by atoms with Crippen molar-refractivity contribution in [3.05, 3.63) is 65.7 Å². The Morgan fingerprint density at radius 2 is 1.69 bits per heavy atom. The van der Waals surface area contributed by atoms with Crippen LogP contribution in [0.2, 0.25) is 0 Å². The van der Waals surface area contributed by atoms with E-state index < -0.39 is 21.5 Å². The highest BCUT2D eigenvalue weighted by Crippen LogP contribution is 2.15. The molecule has 0 bridgehead atoms. The summed E-state index contributed by atoms with van der Waals surface area (Å²) in [7, 11) is -3.43. The second-order valence-corrected chi connectivity index (χ2v) is 8.35. The van der Waals surface area contributed by atoms with Gasteiger partial charge in [-0.15, -0.1) is 0 Å². The summed E-state index contributed by atoms with van der Waals surface area (Å²) in [5.74, 6) is -0.972.